The second-order valence-corrected chi connectivity index (χ2v) is 8.15. The SMILES string of the molecule is Cn1c(SCc2csc(-c3ccc(C(F)(F)F)cc3)n2)nnc1-c1ccccc1F. The summed E-state index contributed by atoms with van der Waals surface area (Å²) in [5.41, 5.74) is 1.09. The van der Waals surface area contributed by atoms with Crippen LogP contribution >= 0.6 is 23.1 Å². The van der Waals surface area contributed by atoms with Gasteiger partial charge in [0.05, 0.1) is 16.8 Å². The largest absolute Gasteiger partial charge is 0.416 e. The highest BCUT2D eigenvalue weighted by Crippen LogP contribution is 2.33. The maximum absolute atomic E-state index is 14.0. The predicted molar refractivity (Wildman–Crippen MR) is 109 cm³/mol. The number of hydrogen-bond acceptors (Lipinski definition) is 5. The molecule has 0 saturated carbocycles. The van der Waals surface area contributed by atoms with Crippen molar-refractivity contribution in [3.05, 3.63) is 71.0 Å². The topological polar surface area (TPSA) is 43.6 Å². The lowest BCUT2D eigenvalue weighted by Crippen LogP contribution is -2.03. The van der Waals surface area contributed by atoms with Gasteiger partial charge in [-0.1, -0.05) is 36.0 Å². The van der Waals surface area contributed by atoms with Gasteiger partial charge in [0.15, 0.2) is 11.0 Å². The van der Waals surface area contributed by atoms with Crippen LogP contribution in [-0.4, -0.2) is 19.7 Å². The summed E-state index contributed by atoms with van der Waals surface area (Å²) >= 11 is 2.76. The maximum Gasteiger partial charge on any atom is 0.416 e. The average Bonchev–Trinajstić information content (AvgIpc) is 3.33. The van der Waals surface area contributed by atoms with Crippen molar-refractivity contribution in [1.82, 2.24) is 19.7 Å². The fourth-order valence-corrected chi connectivity index (χ4v) is 4.50. The van der Waals surface area contributed by atoms with Gasteiger partial charge in [0.1, 0.15) is 10.8 Å². The molecule has 4 nitrogen and oxygen atoms in total. The Morgan fingerprint density at radius 3 is 2.47 bits per heavy atom. The molecule has 4 aromatic rings. The third kappa shape index (κ3) is 4.24. The number of aromatic nitrogens is 4. The van der Waals surface area contributed by atoms with Gasteiger partial charge in [0, 0.05) is 23.7 Å². The molecular weight excluding hydrogens is 436 g/mol. The van der Waals surface area contributed by atoms with Gasteiger partial charge >= 0.3 is 6.18 Å². The number of alkyl halides is 3. The summed E-state index contributed by atoms with van der Waals surface area (Å²) in [6.45, 7) is 0. The Hall–Kier alpha value is -2.72. The molecule has 0 saturated heterocycles. The molecule has 0 spiro atoms. The number of benzene rings is 2. The Morgan fingerprint density at radius 1 is 1.03 bits per heavy atom. The Balaban J connectivity index is 1.46. The van der Waals surface area contributed by atoms with Crippen molar-refractivity contribution in [2.24, 2.45) is 7.05 Å². The van der Waals surface area contributed by atoms with Gasteiger partial charge in [-0.25, -0.2) is 9.37 Å². The van der Waals surface area contributed by atoms with Crippen molar-refractivity contribution in [3.63, 3.8) is 0 Å². The Morgan fingerprint density at radius 2 is 1.77 bits per heavy atom. The lowest BCUT2D eigenvalue weighted by Gasteiger charge is -2.06. The van der Waals surface area contributed by atoms with Crippen molar-refractivity contribution in [1.29, 1.82) is 0 Å². The Labute approximate surface area is 177 Å². The van der Waals surface area contributed by atoms with Gasteiger partial charge in [0.25, 0.3) is 0 Å². The highest BCUT2D eigenvalue weighted by molar-refractivity contribution is 7.98. The summed E-state index contributed by atoms with van der Waals surface area (Å²) in [4.78, 5) is 4.50. The molecule has 0 N–H and O–H groups in total. The predicted octanol–water partition coefficient (Wildman–Crippen LogP) is 6.06. The number of halogens is 4. The van der Waals surface area contributed by atoms with Crippen LogP contribution in [0.4, 0.5) is 17.6 Å². The van der Waals surface area contributed by atoms with Crippen LogP contribution in [0.5, 0.6) is 0 Å². The Bertz CT molecular complexity index is 1170. The first kappa shape index (κ1) is 20.5. The van der Waals surface area contributed by atoms with E-state index in [1.165, 1.54) is 41.3 Å². The van der Waals surface area contributed by atoms with Crippen LogP contribution in [0.2, 0.25) is 0 Å². The van der Waals surface area contributed by atoms with Crippen LogP contribution in [0.15, 0.2) is 59.1 Å². The first-order valence-corrected chi connectivity index (χ1v) is 10.6. The molecule has 0 bridgehead atoms. The first-order valence-electron chi connectivity index (χ1n) is 8.72. The summed E-state index contributed by atoms with van der Waals surface area (Å²) < 4.78 is 53.8. The minimum atomic E-state index is -4.36. The monoisotopic (exact) mass is 450 g/mol. The number of thioether (sulfide) groups is 1. The fourth-order valence-electron chi connectivity index (χ4n) is 2.76. The molecule has 2 heterocycles. The number of nitrogens with zero attached hydrogens (tertiary/aromatic N) is 4. The van der Waals surface area contributed by atoms with Crippen molar-refractivity contribution < 1.29 is 17.6 Å². The smallest absolute Gasteiger partial charge is 0.305 e. The zero-order valence-electron chi connectivity index (χ0n) is 15.5. The van der Waals surface area contributed by atoms with E-state index in [-0.39, 0.29) is 5.82 Å². The lowest BCUT2D eigenvalue weighted by atomic mass is 10.1. The van der Waals surface area contributed by atoms with Crippen molar-refractivity contribution in [2.45, 2.75) is 17.1 Å². The molecule has 2 aromatic carbocycles. The minimum absolute atomic E-state index is 0.370. The van der Waals surface area contributed by atoms with Gasteiger partial charge in [-0.2, -0.15) is 13.2 Å². The molecule has 0 fully saturated rings. The molecule has 0 aliphatic rings. The first-order chi connectivity index (χ1) is 14.3. The van der Waals surface area contributed by atoms with Crippen molar-refractivity contribution >= 4 is 23.1 Å². The van der Waals surface area contributed by atoms with E-state index in [0.29, 0.717) is 32.9 Å². The molecule has 2 aromatic heterocycles. The standard InChI is InChI=1S/C20H14F4N4S2/c1-28-17(15-4-2-3-5-16(15)21)26-27-19(28)30-11-14-10-29-18(25-14)12-6-8-13(9-7-12)20(22,23)24/h2-10H,11H2,1H3. The number of rotatable bonds is 5. The molecule has 0 unspecified atom stereocenters. The van der Waals surface area contributed by atoms with Gasteiger partial charge in [-0.05, 0) is 24.3 Å². The zero-order valence-corrected chi connectivity index (χ0v) is 17.2. The Kier molecular flexibility index (Phi) is 5.61. The van der Waals surface area contributed by atoms with E-state index in [2.05, 4.69) is 15.2 Å². The summed E-state index contributed by atoms with van der Waals surface area (Å²) in [6, 6.07) is 11.3. The minimum Gasteiger partial charge on any atom is -0.305 e. The zero-order chi connectivity index (χ0) is 21.3. The maximum atomic E-state index is 14.0. The summed E-state index contributed by atoms with van der Waals surface area (Å²) in [5, 5.41) is 11.3. The third-order valence-corrected chi connectivity index (χ3v) is 6.30. The normalized spacial score (nSPS) is 11.8. The highest BCUT2D eigenvalue weighted by Gasteiger charge is 2.30. The van der Waals surface area contributed by atoms with Gasteiger partial charge < -0.3 is 4.57 Å². The third-order valence-electron chi connectivity index (χ3n) is 4.31. The van der Waals surface area contributed by atoms with Crippen LogP contribution in [-0.2, 0) is 19.0 Å². The molecule has 0 amide bonds. The van der Waals surface area contributed by atoms with E-state index >= 15 is 0 Å². The van der Waals surface area contributed by atoms with Crippen molar-refractivity contribution in [2.75, 3.05) is 0 Å². The summed E-state index contributed by atoms with van der Waals surface area (Å²) in [7, 11) is 1.76. The number of thiazole rings is 1. The molecule has 4 rings (SSSR count). The van der Waals surface area contributed by atoms with Crippen LogP contribution in [0.25, 0.3) is 22.0 Å². The van der Waals surface area contributed by atoms with Gasteiger partial charge in [0.2, 0.25) is 0 Å². The van der Waals surface area contributed by atoms with Gasteiger partial charge in [-0.15, -0.1) is 21.5 Å². The van der Waals surface area contributed by atoms with E-state index in [0.717, 1.165) is 17.8 Å². The quantitative estimate of drug-likeness (QED) is 0.274. The second-order valence-electron chi connectivity index (χ2n) is 6.35. The van der Waals surface area contributed by atoms with Crippen LogP contribution < -0.4 is 0 Å². The molecule has 0 atom stereocenters. The van der Waals surface area contributed by atoms with E-state index in [4.69, 9.17) is 0 Å². The van der Waals surface area contributed by atoms with E-state index in [9.17, 15) is 17.6 Å². The average molecular weight is 450 g/mol. The molecule has 0 aliphatic heterocycles. The van der Waals surface area contributed by atoms with Crippen molar-refractivity contribution in [3.8, 4) is 22.0 Å². The number of hydrogen-bond donors (Lipinski definition) is 0. The molecule has 10 heteroatoms. The molecule has 0 radical (unpaired) electrons. The second kappa shape index (κ2) is 8.19. The fraction of sp³-hybridized carbons (Fsp3) is 0.150. The van der Waals surface area contributed by atoms with E-state index in [1.807, 2.05) is 5.38 Å². The molecular formula is C20H14F4N4S2. The highest BCUT2D eigenvalue weighted by atomic mass is 32.2. The van der Waals surface area contributed by atoms with Crippen LogP contribution in [0.3, 0.4) is 0 Å². The van der Waals surface area contributed by atoms with E-state index < -0.39 is 11.7 Å². The molecule has 0 aliphatic carbocycles. The van der Waals surface area contributed by atoms with Crippen LogP contribution in [0.1, 0.15) is 11.3 Å². The lowest BCUT2D eigenvalue weighted by molar-refractivity contribution is -0.137. The van der Waals surface area contributed by atoms with Crippen LogP contribution in [0, 0.1) is 5.82 Å². The summed E-state index contributed by atoms with van der Waals surface area (Å²) in [6.07, 6.45) is -4.36. The molecule has 154 valence electrons. The van der Waals surface area contributed by atoms with E-state index in [1.54, 1.807) is 29.8 Å². The van der Waals surface area contributed by atoms with Gasteiger partial charge in [-0.3, -0.25) is 0 Å². The molecule has 30 heavy (non-hydrogen) atoms. The summed E-state index contributed by atoms with van der Waals surface area (Å²) in [5.74, 6) is 0.560.